The summed E-state index contributed by atoms with van der Waals surface area (Å²) in [5.41, 5.74) is 0.477. The maximum absolute atomic E-state index is 12.2. The summed E-state index contributed by atoms with van der Waals surface area (Å²) in [5, 5.41) is 17.4. The number of rotatable bonds is 3. The molecule has 3 rings (SSSR count). The molecule has 8 nitrogen and oxygen atoms in total. The molecule has 0 bridgehead atoms. The van der Waals surface area contributed by atoms with E-state index in [0.717, 1.165) is 4.90 Å². The van der Waals surface area contributed by atoms with Gasteiger partial charge >= 0.3 is 0 Å². The quantitative estimate of drug-likeness (QED) is 0.705. The summed E-state index contributed by atoms with van der Waals surface area (Å²) in [6.45, 7) is 1.64. The number of carboxylic acid groups (broad SMARTS) is 1. The minimum absolute atomic E-state index is 0.0214. The van der Waals surface area contributed by atoms with Gasteiger partial charge in [0.15, 0.2) is 5.69 Å². The molecule has 0 spiro atoms. The highest BCUT2D eigenvalue weighted by atomic mass is 35.5. The molecule has 1 aromatic heterocycles. The van der Waals surface area contributed by atoms with Crippen LogP contribution in [0.1, 0.15) is 17.4 Å². The topological polar surface area (TPSA) is 107 Å². The summed E-state index contributed by atoms with van der Waals surface area (Å²) in [5.74, 6) is -2.00. The van der Waals surface area contributed by atoms with Crippen LogP contribution in [-0.4, -0.2) is 49.6 Å². The first-order valence-corrected chi connectivity index (χ1v) is 8.09. The van der Waals surface area contributed by atoms with Gasteiger partial charge in [-0.3, -0.25) is 19.2 Å². The summed E-state index contributed by atoms with van der Waals surface area (Å²) in [6, 6.07) is -0.812. The number of nitrogens with zero attached hydrogens (tertiary/aromatic N) is 3. The molecule has 2 atom stereocenters. The molecule has 0 aromatic carbocycles. The zero-order valence-corrected chi connectivity index (χ0v) is 13.8. The molecule has 2 aliphatic heterocycles. The van der Waals surface area contributed by atoms with E-state index in [4.69, 9.17) is 11.6 Å². The lowest BCUT2D eigenvalue weighted by molar-refractivity contribution is -0.301. The minimum atomic E-state index is -1.39. The average molecular weight is 356 g/mol. The van der Waals surface area contributed by atoms with Crippen LogP contribution in [0, 0.1) is 0 Å². The molecular weight excluding hydrogens is 344 g/mol. The van der Waals surface area contributed by atoms with Crippen molar-refractivity contribution in [1.29, 1.82) is 0 Å². The van der Waals surface area contributed by atoms with Crippen LogP contribution in [0.25, 0.3) is 0 Å². The second kappa shape index (κ2) is 5.57. The predicted molar refractivity (Wildman–Crippen MR) is 80.3 cm³/mol. The largest absolute Gasteiger partial charge is 0.543 e. The number of carbonyl (C=O) groups is 3. The van der Waals surface area contributed by atoms with E-state index in [1.54, 1.807) is 14.0 Å². The van der Waals surface area contributed by atoms with E-state index in [2.05, 4.69) is 10.4 Å². The Bertz CT molecular complexity index is 759. The summed E-state index contributed by atoms with van der Waals surface area (Å²) < 4.78 is 1.39. The Balaban J connectivity index is 1.78. The summed E-state index contributed by atoms with van der Waals surface area (Å²) in [6.07, 6.45) is 1.47. The fourth-order valence-electron chi connectivity index (χ4n) is 2.59. The fraction of sp³-hybridized carbons (Fsp3) is 0.385. The second-order valence-electron chi connectivity index (χ2n) is 5.28. The van der Waals surface area contributed by atoms with Gasteiger partial charge in [-0.05, 0) is 12.5 Å². The fourth-order valence-corrected chi connectivity index (χ4v) is 4.14. The molecule has 23 heavy (non-hydrogen) atoms. The third-order valence-corrected chi connectivity index (χ3v) is 5.34. The molecule has 10 heteroatoms. The number of carbonyl (C=O) groups excluding carboxylic acids is 3. The van der Waals surface area contributed by atoms with Crippen LogP contribution in [0.3, 0.4) is 0 Å². The monoisotopic (exact) mass is 355 g/mol. The van der Waals surface area contributed by atoms with Crippen LogP contribution >= 0.6 is 23.4 Å². The van der Waals surface area contributed by atoms with Gasteiger partial charge < -0.3 is 15.2 Å². The minimum Gasteiger partial charge on any atom is -0.543 e. The Morgan fingerprint density at radius 1 is 1.52 bits per heavy atom. The van der Waals surface area contributed by atoms with Crippen molar-refractivity contribution < 1.29 is 19.5 Å². The molecule has 1 aromatic rings. The highest BCUT2D eigenvalue weighted by Gasteiger charge is 2.52. The standard InChI is InChI=1S/C13H13ClN4O4S/c1-5-4-23-12-8(11(20)18(12)9(5)13(21)22)15-10(19)7-6(14)3-17(2)16-7/h3,8,12H,4H2,1-2H3,(H,15,19)(H,21,22)/p-1/t8-,12-/m1/s1. The molecule has 0 radical (unpaired) electrons. The number of β-lactam (4-membered cyclic amide) rings is 1. The smallest absolute Gasteiger partial charge is 0.274 e. The molecule has 2 amide bonds. The number of fused-ring (bicyclic) bond motifs is 1. The maximum Gasteiger partial charge on any atom is 0.274 e. The first-order valence-electron chi connectivity index (χ1n) is 6.67. The lowest BCUT2D eigenvalue weighted by atomic mass is 10.0. The zero-order valence-electron chi connectivity index (χ0n) is 12.2. The first-order chi connectivity index (χ1) is 10.8. The molecule has 1 fully saturated rings. The number of amides is 2. The molecule has 0 aliphatic carbocycles. The van der Waals surface area contributed by atoms with Gasteiger partial charge in [0.25, 0.3) is 11.8 Å². The molecule has 122 valence electrons. The van der Waals surface area contributed by atoms with Crippen molar-refractivity contribution in [3.8, 4) is 0 Å². The number of aryl methyl sites for hydroxylation is 1. The van der Waals surface area contributed by atoms with Gasteiger partial charge in [-0.25, -0.2) is 0 Å². The number of aliphatic carboxylic acids is 1. The van der Waals surface area contributed by atoms with Gasteiger partial charge in [0.05, 0.1) is 16.7 Å². The number of hydrogen-bond donors (Lipinski definition) is 1. The zero-order chi connectivity index (χ0) is 16.9. The lowest BCUT2D eigenvalue weighted by Gasteiger charge is -2.50. The van der Waals surface area contributed by atoms with Crippen molar-refractivity contribution in [2.45, 2.75) is 18.3 Å². The SMILES string of the molecule is CC1=C(C(=O)[O-])N2C(=O)[C@@H](NC(=O)c3nn(C)cc3Cl)[C@H]2SC1. The van der Waals surface area contributed by atoms with Crippen LogP contribution in [0.4, 0.5) is 0 Å². The maximum atomic E-state index is 12.2. The summed E-state index contributed by atoms with van der Waals surface area (Å²) in [4.78, 5) is 36.8. The van der Waals surface area contributed by atoms with Crippen LogP contribution in [0.5, 0.6) is 0 Å². The van der Waals surface area contributed by atoms with Gasteiger partial charge in [-0.15, -0.1) is 11.8 Å². The van der Waals surface area contributed by atoms with E-state index in [-0.39, 0.29) is 16.4 Å². The first kappa shape index (κ1) is 15.9. The third kappa shape index (κ3) is 2.49. The van der Waals surface area contributed by atoms with Crippen LogP contribution in [0.15, 0.2) is 17.5 Å². The van der Waals surface area contributed by atoms with Crippen LogP contribution in [0.2, 0.25) is 5.02 Å². The van der Waals surface area contributed by atoms with Crippen molar-refractivity contribution >= 4 is 41.1 Å². The van der Waals surface area contributed by atoms with Crippen molar-refractivity contribution in [1.82, 2.24) is 20.0 Å². The van der Waals surface area contributed by atoms with Crippen LogP contribution < -0.4 is 10.4 Å². The van der Waals surface area contributed by atoms with E-state index in [9.17, 15) is 19.5 Å². The number of hydrogen-bond acceptors (Lipinski definition) is 6. The van der Waals surface area contributed by atoms with Crippen molar-refractivity contribution in [3.63, 3.8) is 0 Å². The summed E-state index contributed by atoms with van der Waals surface area (Å²) >= 11 is 7.29. The van der Waals surface area contributed by atoms with Gasteiger partial charge in [0.1, 0.15) is 11.4 Å². The Morgan fingerprint density at radius 3 is 2.78 bits per heavy atom. The van der Waals surface area contributed by atoms with E-state index >= 15 is 0 Å². The third-order valence-electron chi connectivity index (χ3n) is 3.64. The molecule has 2 aliphatic rings. The molecule has 1 N–H and O–H groups in total. The number of aromatic nitrogens is 2. The Hall–Kier alpha value is -2.00. The Labute approximate surface area is 140 Å². The van der Waals surface area contributed by atoms with E-state index in [1.165, 1.54) is 22.6 Å². The second-order valence-corrected chi connectivity index (χ2v) is 6.79. The van der Waals surface area contributed by atoms with Gasteiger partial charge in [-0.2, -0.15) is 5.10 Å². The van der Waals surface area contributed by atoms with E-state index < -0.39 is 29.2 Å². The number of carboxylic acids is 1. The Morgan fingerprint density at radius 2 is 2.22 bits per heavy atom. The lowest BCUT2D eigenvalue weighted by Crippen LogP contribution is -2.71. The number of thioether (sulfide) groups is 1. The molecule has 3 heterocycles. The number of nitrogens with one attached hydrogen (secondary N) is 1. The van der Waals surface area contributed by atoms with Crippen molar-refractivity contribution in [2.75, 3.05) is 5.75 Å². The summed E-state index contributed by atoms with van der Waals surface area (Å²) in [7, 11) is 1.62. The van der Waals surface area contributed by atoms with E-state index in [1.807, 2.05) is 0 Å². The molecule has 0 saturated carbocycles. The van der Waals surface area contributed by atoms with Crippen molar-refractivity contribution in [2.24, 2.45) is 7.05 Å². The molecule has 0 unspecified atom stereocenters. The average Bonchev–Trinajstić information content (AvgIpc) is 2.82. The highest BCUT2D eigenvalue weighted by molar-refractivity contribution is 8.00. The normalized spacial score (nSPS) is 23.4. The molecular formula is C13H12ClN4O4S-. The van der Waals surface area contributed by atoms with Gasteiger partial charge in [0.2, 0.25) is 0 Å². The van der Waals surface area contributed by atoms with Crippen molar-refractivity contribution in [3.05, 3.63) is 28.2 Å². The highest BCUT2D eigenvalue weighted by Crippen LogP contribution is 2.39. The predicted octanol–water partition coefficient (Wildman–Crippen LogP) is -0.889. The number of halogens is 1. The molecule has 1 saturated heterocycles. The Kier molecular flexibility index (Phi) is 3.85. The van der Waals surface area contributed by atoms with Crippen LogP contribution in [-0.2, 0) is 16.6 Å². The van der Waals surface area contributed by atoms with E-state index in [0.29, 0.717) is 11.3 Å². The van der Waals surface area contributed by atoms with Gasteiger partial charge in [-0.1, -0.05) is 11.6 Å². The van der Waals surface area contributed by atoms with Gasteiger partial charge in [0, 0.05) is 19.0 Å².